The van der Waals surface area contributed by atoms with E-state index in [1.165, 1.54) is 13.2 Å². The summed E-state index contributed by atoms with van der Waals surface area (Å²) in [6, 6.07) is 6.38. The average molecular weight is 434 g/mol. The smallest absolute Gasteiger partial charge is 0.244 e. The number of benzene rings is 1. The van der Waals surface area contributed by atoms with Gasteiger partial charge in [0, 0.05) is 43.8 Å². The summed E-state index contributed by atoms with van der Waals surface area (Å²) in [5.74, 6) is -0.136. The number of amides is 1. The lowest BCUT2D eigenvalue weighted by atomic mass is 10.2. The molecule has 0 aliphatic rings. The Balaban J connectivity index is 1.72. The molecule has 3 rings (SSSR count). The highest BCUT2D eigenvalue weighted by Crippen LogP contribution is 2.32. The van der Waals surface area contributed by atoms with Crippen LogP contribution in [0.15, 0.2) is 36.7 Å². The third-order valence-corrected chi connectivity index (χ3v) is 5.46. The maximum absolute atomic E-state index is 14.5. The van der Waals surface area contributed by atoms with E-state index in [2.05, 4.69) is 10.1 Å². The zero-order valence-corrected chi connectivity index (χ0v) is 18.2. The Morgan fingerprint density at radius 2 is 2.17 bits per heavy atom. The van der Waals surface area contributed by atoms with Crippen LogP contribution in [0.2, 0.25) is 5.02 Å². The number of anilines is 1. The number of halogens is 2. The van der Waals surface area contributed by atoms with Crippen LogP contribution < -0.4 is 9.64 Å². The predicted octanol–water partition coefficient (Wildman–Crippen LogP) is 3.61. The standard InChI is InChI=1S/C21H25ClFN5O2/c1-5-27(18-10-19(30-4)16(22)9-17(18)23)12-14(2)26(3)20(29)13-28-21-15(11-25-28)7-6-8-24-21/h6-11,14H,5,12-13H2,1-4H3. The fourth-order valence-corrected chi connectivity index (χ4v) is 3.50. The Bertz CT molecular complexity index is 1040. The summed E-state index contributed by atoms with van der Waals surface area (Å²) < 4.78 is 21.3. The van der Waals surface area contributed by atoms with Crippen molar-refractivity contribution in [3.63, 3.8) is 0 Å². The maximum atomic E-state index is 14.5. The molecule has 0 N–H and O–H groups in total. The minimum Gasteiger partial charge on any atom is -0.495 e. The molecule has 0 saturated carbocycles. The van der Waals surface area contributed by atoms with Gasteiger partial charge in [-0.3, -0.25) is 4.79 Å². The maximum Gasteiger partial charge on any atom is 0.244 e. The first-order chi connectivity index (χ1) is 14.3. The summed E-state index contributed by atoms with van der Waals surface area (Å²) >= 11 is 6.01. The summed E-state index contributed by atoms with van der Waals surface area (Å²) in [7, 11) is 3.22. The summed E-state index contributed by atoms with van der Waals surface area (Å²) in [4.78, 5) is 20.6. The van der Waals surface area contributed by atoms with Crippen LogP contribution in [-0.4, -0.2) is 58.9 Å². The van der Waals surface area contributed by atoms with Crippen LogP contribution in [0, 0.1) is 5.82 Å². The molecule has 3 aromatic rings. The number of ether oxygens (including phenoxy) is 1. The van der Waals surface area contributed by atoms with Crippen LogP contribution in [0.3, 0.4) is 0 Å². The first kappa shape index (κ1) is 21.8. The average Bonchev–Trinajstić information content (AvgIpc) is 3.14. The monoisotopic (exact) mass is 433 g/mol. The number of rotatable bonds is 8. The van der Waals surface area contributed by atoms with E-state index in [4.69, 9.17) is 16.3 Å². The number of methoxy groups -OCH3 is 1. The van der Waals surface area contributed by atoms with Crippen molar-refractivity contribution in [1.82, 2.24) is 19.7 Å². The molecular formula is C21H25ClFN5O2. The molecule has 1 atom stereocenters. The molecule has 0 bridgehead atoms. The van der Waals surface area contributed by atoms with E-state index in [9.17, 15) is 9.18 Å². The number of carbonyl (C=O) groups is 1. The molecule has 0 aliphatic heterocycles. The molecule has 0 aliphatic carbocycles. The number of likely N-dealkylation sites (N-methyl/N-ethyl adjacent to an activating group) is 2. The molecule has 0 radical (unpaired) electrons. The van der Waals surface area contributed by atoms with Crippen molar-refractivity contribution in [2.75, 3.05) is 32.1 Å². The van der Waals surface area contributed by atoms with Gasteiger partial charge in [0.15, 0.2) is 5.65 Å². The van der Waals surface area contributed by atoms with E-state index in [0.717, 1.165) is 5.39 Å². The summed E-state index contributed by atoms with van der Waals surface area (Å²) in [5.41, 5.74) is 1.05. The quantitative estimate of drug-likeness (QED) is 0.543. The molecular weight excluding hydrogens is 409 g/mol. The summed E-state index contributed by atoms with van der Waals surface area (Å²) in [5, 5.41) is 5.36. The number of aromatic nitrogens is 3. The van der Waals surface area contributed by atoms with E-state index in [0.29, 0.717) is 30.2 Å². The highest BCUT2D eigenvalue weighted by molar-refractivity contribution is 6.32. The van der Waals surface area contributed by atoms with E-state index in [1.54, 1.807) is 35.1 Å². The normalized spacial score (nSPS) is 12.1. The zero-order chi connectivity index (χ0) is 21.8. The Morgan fingerprint density at radius 1 is 1.40 bits per heavy atom. The largest absolute Gasteiger partial charge is 0.495 e. The number of hydrogen-bond donors (Lipinski definition) is 0. The van der Waals surface area contributed by atoms with E-state index >= 15 is 0 Å². The fourth-order valence-electron chi connectivity index (χ4n) is 3.27. The topological polar surface area (TPSA) is 63.5 Å². The van der Waals surface area contributed by atoms with Crippen LogP contribution >= 0.6 is 11.6 Å². The minimum atomic E-state index is -0.432. The van der Waals surface area contributed by atoms with Gasteiger partial charge in [-0.15, -0.1) is 0 Å². The van der Waals surface area contributed by atoms with E-state index in [-0.39, 0.29) is 23.5 Å². The molecule has 0 saturated heterocycles. The first-order valence-corrected chi connectivity index (χ1v) is 10.0. The molecule has 9 heteroatoms. The van der Waals surface area contributed by atoms with Gasteiger partial charge in [-0.1, -0.05) is 11.6 Å². The van der Waals surface area contributed by atoms with Gasteiger partial charge < -0.3 is 14.5 Å². The van der Waals surface area contributed by atoms with Crippen LogP contribution in [0.4, 0.5) is 10.1 Å². The summed E-state index contributed by atoms with van der Waals surface area (Å²) in [6.45, 7) is 4.93. The summed E-state index contributed by atoms with van der Waals surface area (Å²) in [6.07, 6.45) is 3.36. The molecule has 1 aromatic carbocycles. The van der Waals surface area contributed by atoms with Crippen LogP contribution in [-0.2, 0) is 11.3 Å². The Hall–Kier alpha value is -2.87. The molecule has 1 unspecified atom stereocenters. The van der Waals surface area contributed by atoms with Crippen molar-refractivity contribution in [2.45, 2.75) is 26.4 Å². The van der Waals surface area contributed by atoms with Crippen LogP contribution in [0.25, 0.3) is 11.0 Å². The molecule has 1 amide bonds. The van der Waals surface area contributed by atoms with E-state index < -0.39 is 5.82 Å². The molecule has 7 nitrogen and oxygen atoms in total. The molecule has 0 fully saturated rings. The van der Waals surface area contributed by atoms with Crippen molar-refractivity contribution >= 4 is 34.2 Å². The van der Waals surface area contributed by atoms with Crippen molar-refractivity contribution in [2.24, 2.45) is 0 Å². The fraction of sp³-hybridized carbons (Fsp3) is 0.381. The van der Waals surface area contributed by atoms with Crippen LogP contribution in [0.1, 0.15) is 13.8 Å². The van der Waals surface area contributed by atoms with Gasteiger partial charge in [-0.05, 0) is 32.0 Å². The molecule has 30 heavy (non-hydrogen) atoms. The Kier molecular flexibility index (Phi) is 6.77. The van der Waals surface area contributed by atoms with E-state index in [1.807, 2.05) is 30.9 Å². The van der Waals surface area contributed by atoms with Crippen molar-refractivity contribution < 1.29 is 13.9 Å². The lowest BCUT2D eigenvalue weighted by Crippen LogP contribution is -2.44. The van der Waals surface area contributed by atoms with Gasteiger partial charge in [0.25, 0.3) is 0 Å². The number of pyridine rings is 1. The lowest BCUT2D eigenvalue weighted by molar-refractivity contribution is -0.132. The molecule has 0 spiro atoms. The number of nitrogens with zero attached hydrogens (tertiary/aromatic N) is 5. The van der Waals surface area contributed by atoms with Crippen LogP contribution in [0.5, 0.6) is 5.75 Å². The highest BCUT2D eigenvalue weighted by atomic mass is 35.5. The number of fused-ring (bicyclic) bond motifs is 1. The second-order valence-corrected chi connectivity index (χ2v) is 7.46. The van der Waals surface area contributed by atoms with Gasteiger partial charge in [0.05, 0.1) is 24.0 Å². The highest BCUT2D eigenvalue weighted by Gasteiger charge is 2.22. The molecule has 2 heterocycles. The number of hydrogen-bond acceptors (Lipinski definition) is 5. The Labute approximate surface area is 180 Å². The predicted molar refractivity (Wildman–Crippen MR) is 116 cm³/mol. The SMILES string of the molecule is CCN(CC(C)N(C)C(=O)Cn1ncc2cccnc21)c1cc(OC)c(Cl)cc1F. The van der Waals surface area contributed by atoms with Gasteiger partial charge >= 0.3 is 0 Å². The first-order valence-electron chi connectivity index (χ1n) is 9.65. The Morgan fingerprint density at radius 3 is 2.87 bits per heavy atom. The van der Waals surface area contributed by atoms with Crippen molar-refractivity contribution in [3.05, 3.63) is 47.5 Å². The second-order valence-electron chi connectivity index (χ2n) is 7.05. The molecule has 160 valence electrons. The van der Waals surface area contributed by atoms with Gasteiger partial charge in [-0.2, -0.15) is 5.10 Å². The lowest BCUT2D eigenvalue weighted by Gasteiger charge is -2.32. The van der Waals surface area contributed by atoms with Crippen molar-refractivity contribution in [3.8, 4) is 5.75 Å². The van der Waals surface area contributed by atoms with Gasteiger partial charge in [0.2, 0.25) is 5.91 Å². The van der Waals surface area contributed by atoms with Crippen molar-refractivity contribution in [1.29, 1.82) is 0 Å². The number of carbonyl (C=O) groups excluding carboxylic acids is 1. The zero-order valence-electron chi connectivity index (χ0n) is 17.5. The minimum absolute atomic E-state index is 0.0800. The second kappa shape index (κ2) is 9.30. The van der Waals surface area contributed by atoms with Gasteiger partial charge in [-0.25, -0.2) is 14.1 Å². The van der Waals surface area contributed by atoms with Gasteiger partial charge in [0.1, 0.15) is 18.1 Å². The third-order valence-electron chi connectivity index (χ3n) is 5.17. The molecule has 2 aromatic heterocycles. The third kappa shape index (κ3) is 4.48.